The van der Waals surface area contributed by atoms with Gasteiger partial charge in [-0.05, 0) is 12.8 Å². The van der Waals surface area contributed by atoms with Crippen LogP contribution < -0.4 is 29.6 Å². The van der Waals surface area contributed by atoms with Crippen LogP contribution in [-0.2, 0) is 29.2 Å². The molecule has 0 aliphatic carbocycles. The van der Waals surface area contributed by atoms with Gasteiger partial charge in [0.1, 0.15) is 0 Å². The molecule has 0 rings (SSSR count). The summed E-state index contributed by atoms with van der Waals surface area (Å²) in [6, 6.07) is 0. The summed E-state index contributed by atoms with van der Waals surface area (Å²) in [4.78, 5) is 24.5. The Bertz CT molecular complexity index is 821. The molecule has 0 spiro atoms. The van der Waals surface area contributed by atoms with E-state index in [1.165, 1.54) is 161 Å². The van der Waals surface area contributed by atoms with Crippen LogP contribution in [-0.4, -0.2) is 43.4 Å². The zero-order valence-electron chi connectivity index (χ0n) is 32.6. The number of carbonyl (C=O) groups excluding carboxylic acids is 2. The number of ether oxygens (including phenoxy) is 2. The van der Waals surface area contributed by atoms with Gasteiger partial charge in [-0.1, -0.05) is 206 Å². The Labute approximate surface area is 326 Å². The molecule has 286 valence electrons. The molecular weight excluding hydrogens is 647 g/mol. The van der Waals surface area contributed by atoms with Crippen molar-refractivity contribution in [1.82, 2.24) is 0 Å². The Morgan fingerprint density at radius 1 is 0.449 bits per heavy atom. The second-order valence-electron chi connectivity index (χ2n) is 14.2. The third kappa shape index (κ3) is 37.4. The van der Waals surface area contributed by atoms with Crippen LogP contribution >= 0.6 is 0 Å². The molecule has 0 bridgehead atoms. The molecule has 0 radical (unpaired) electrons. The van der Waals surface area contributed by atoms with Crippen molar-refractivity contribution in [3.63, 3.8) is 0 Å². The van der Waals surface area contributed by atoms with E-state index >= 15 is 0 Å². The van der Waals surface area contributed by atoms with E-state index < -0.39 is 33.7 Å². The van der Waals surface area contributed by atoms with Crippen molar-refractivity contribution in [2.45, 2.75) is 231 Å². The molecule has 1 unspecified atom stereocenters. The van der Waals surface area contributed by atoms with E-state index in [2.05, 4.69) is 13.8 Å². The van der Waals surface area contributed by atoms with E-state index in [9.17, 15) is 22.6 Å². The Morgan fingerprint density at radius 2 is 0.694 bits per heavy atom. The van der Waals surface area contributed by atoms with Crippen LogP contribution in [0.2, 0.25) is 0 Å². The minimum Gasteiger partial charge on any atom is -0.466 e. The number of hydrogen-bond acceptors (Lipinski definition) is 6. The first-order valence-electron chi connectivity index (χ1n) is 20.6. The maximum absolute atomic E-state index is 12.3. The average Bonchev–Trinajstić information content (AvgIpc) is 3.05. The normalized spacial score (nSPS) is 12.1. The van der Waals surface area contributed by atoms with E-state index in [0.29, 0.717) is 12.8 Å². The van der Waals surface area contributed by atoms with Gasteiger partial charge in [0.2, 0.25) is 0 Å². The number of carbonyl (C=O) groups is 2. The molecule has 49 heavy (non-hydrogen) atoms. The van der Waals surface area contributed by atoms with Gasteiger partial charge < -0.3 is 9.47 Å². The third-order valence-corrected chi connectivity index (χ3v) is 10.6. The zero-order chi connectivity index (χ0) is 35.4. The van der Waals surface area contributed by atoms with Gasteiger partial charge in [0, 0.05) is 0 Å². The minimum atomic E-state index is -4.77. The van der Waals surface area contributed by atoms with E-state index in [1.807, 2.05) is 0 Å². The van der Waals surface area contributed by atoms with E-state index in [-0.39, 0.29) is 42.8 Å². The number of rotatable bonds is 38. The fourth-order valence-corrected chi connectivity index (χ4v) is 6.93. The van der Waals surface area contributed by atoms with Gasteiger partial charge in [0.05, 0.1) is 19.6 Å². The first kappa shape index (κ1) is 51.0. The third-order valence-electron chi connectivity index (χ3n) is 9.48. The largest absolute Gasteiger partial charge is 1.00 e. The molecule has 0 aliphatic rings. The second-order valence-corrected chi connectivity index (χ2v) is 15.8. The molecule has 0 aromatic heterocycles. The summed E-state index contributed by atoms with van der Waals surface area (Å²) in [5.74, 6) is -1.89. The predicted molar refractivity (Wildman–Crippen MR) is 201 cm³/mol. The van der Waals surface area contributed by atoms with Gasteiger partial charge in [-0.2, -0.15) is 8.42 Å². The first-order valence-corrected chi connectivity index (χ1v) is 22.1. The Hall–Kier alpha value is -0.150. The van der Waals surface area contributed by atoms with Crippen molar-refractivity contribution in [3.8, 4) is 0 Å². The Morgan fingerprint density at radius 3 is 0.959 bits per heavy atom. The monoisotopic (exact) mass is 726 g/mol. The van der Waals surface area contributed by atoms with Crippen molar-refractivity contribution in [2.24, 2.45) is 0 Å². The molecule has 0 aromatic rings. The fourth-order valence-electron chi connectivity index (χ4n) is 6.27. The van der Waals surface area contributed by atoms with E-state index in [1.54, 1.807) is 0 Å². The Kier molecular flexibility index (Phi) is 40.6. The first-order chi connectivity index (χ1) is 23.3. The number of unbranched alkanes of at least 4 members (excludes halogenated alkanes) is 30. The van der Waals surface area contributed by atoms with Gasteiger partial charge in [-0.25, -0.2) is 0 Å². The fraction of sp³-hybridized carbons (Fsp3) is 0.950. The molecule has 0 aliphatic heterocycles. The number of hydrogen-bond donors (Lipinski definition) is 1. The summed E-state index contributed by atoms with van der Waals surface area (Å²) in [7, 11) is -4.77. The topological polar surface area (TPSA) is 107 Å². The smallest absolute Gasteiger partial charge is 0.466 e. The maximum Gasteiger partial charge on any atom is 1.00 e. The van der Waals surface area contributed by atoms with Gasteiger partial charge in [-0.15, -0.1) is 0 Å². The van der Waals surface area contributed by atoms with Gasteiger partial charge in [-0.3, -0.25) is 14.1 Å². The molecule has 1 N–H and O–H groups in total. The molecule has 0 saturated carbocycles. The summed E-state index contributed by atoms with van der Waals surface area (Å²) >= 11 is 0. The van der Waals surface area contributed by atoms with Gasteiger partial charge in [0.25, 0.3) is 10.1 Å². The van der Waals surface area contributed by atoms with Crippen molar-refractivity contribution in [2.75, 3.05) is 13.2 Å². The quantitative estimate of drug-likeness (QED) is 0.0293. The molecule has 0 heterocycles. The van der Waals surface area contributed by atoms with Crippen molar-refractivity contribution in [1.29, 1.82) is 0 Å². The SMILES string of the molecule is CCCCCCCCCCCCCCCCCCOC(=O)CC(C(=O)OCCCCCCCCCCCCCCCCCC)S(=O)(=O)O.[Na+]. The summed E-state index contributed by atoms with van der Waals surface area (Å²) in [5.41, 5.74) is 0. The van der Waals surface area contributed by atoms with Crippen LogP contribution in [0.3, 0.4) is 0 Å². The molecule has 1 atom stereocenters. The van der Waals surface area contributed by atoms with Crippen LogP contribution in [0.15, 0.2) is 0 Å². The molecule has 0 saturated heterocycles. The molecular formula is C40H78NaO7S+. The van der Waals surface area contributed by atoms with Crippen molar-refractivity contribution < 1.29 is 61.6 Å². The van der Waals surface area contributed by atoms with Gasteiger partial charge >= 0.3 is 41.5 Å². The predicted octanol–water partition coefficient (Wildman–Crippen LogP) is 9.25. The molecule has 7 nitrogen and oxygen atoms in total. The summed E-state index contributed by atoms with van der Waals surface area (Å²) in [6.07, 6.45) is 39.0. The molecule has 0 amide bonds. The van der Waals surface area contributed by atoms with Crippen LogP contribution in [0.5, 0.6) is 0 Å². The zero-order valence-corrected chi connectivity index (χ0v) is 35.4. The van der Waals surface area contributed by atoms with E-state index in [4.69, 9.17) is 9.47 Å². The minimum absolute atomic E-state index is 0. The second kappa shape index (κ2) is 39.1. The molecule has 0 aromatic carbocycles. The molecule has 0 fully saturated rings. The van der Waals surface area contributed by atoms with Crippen molar-refractivity contribution in [3.05, 3.63) is 0 Å². The average molecular weight is 726 g/mol. The number of esters is 2. The van der Waals surface area contributed by atoms with Gasteiger partial charge in [0.15, 0.2) is 5.25 Å². The van der Waals surface area contributed by atoms with Crippen LogP contribution in [0.4, 0.5) is 0 Å². The Balaban J connectivity index is 0. The standard InChI is InChI=1S/C40H78O7S.Na/c1-3-5-7-9-11-13-15-17-19-21-23-25-27-29-31-33-35-46-39(41)37-38(48(43,44)45)40(42)47-36-34-32-30-28-26-24-22-20-18-16-14-12-10-8-6-4-2;/h38H,3-37H2,1-2H3,(H,43,44,45);/q;+1. The maximum atomic E-state index is 12.3. The summed E-state index contributed by atoms with van der Waals surface area (Å²) < 4.78 is 43.3. The molecule has 9 heteroatoms. The summed E-state index contributed by atoms with van der Waals surface area (Å²) in [5, 5.41) is -1.93. The van der Waals surface area contributed by atoms with Crippen LogP contribution in [0.1, 0.15) is 226 Å². The van der Waals surface area contributed by atoms with Crippen LogP contribution in [0, 0.1) is 0 Å². The van der Waals surface area contributed by atoms with Crippen molar-refractivity contribution >= 4 is 22.1 Å². The summed E-state index contributed by atoms with van der Waals surface area (Å²) in [6.45, 7) is 4.78. The van der Waals surface area contributed by atoms with E-state index in [0.717, 1.165) is 32.1 Å². The van der Waals surface area contributed by atoms with Crippen LogP contribution in [0.25, 0.3) is 0 Å².